The summed E-state index contributed by atoms with van der Waals surface area (Å²) < 4.78 is 23.5. The molecule has 1 unspecified atom stereocenters. The molecule has 0 aliphatic carbocycles. The normalized spacial score (nSPS) is 27.5. The summed E-state index contributed by atoms with van der Waals surface area (Å²) in [5.41, 5.74) is 3.35. The van der Waals surface area contributed by atoms with E-state index in [0.717, 1.165) is 18.8 Å². The Kier molecular flexibility index (Phi) is 3.59. The van der Waals surface area contributed by atoms with Gasteiger partial charge in [0.05, 0.1) is 12.3 Å². The molecule has 3 nitrogen and oxygen atoms in total. The van der Waals surface area contributed by atoms with E-state index in [4.69, 9.17) is 0 Å². The molecule has 0 spiro atoms. The van der Waals surface area contributed by atoms with Crippen LogP contribution in [0.25, 0.3) is 0 Å². The minimum absolute atomic E-state index is 0.361. The van der Waals surface area contributed by atoms with Crippen LogP contribution in [0.3, 0.4) is 0 Å². The van der Waals surface area contributed by atoms with Crippen LogP contribution >= 0.6 is 0 Å². The van der Waals surface area contributed by atoms with Crippen molar-refractivity contribution >= 4 is 5.71 Å². The molecule has 1 atom stereocenters. The van der Waals surface area contributed by atoms with Crippen LogP contribution in [-0.4, -0.2) is 43.7 Å². The minimum atomic E-state index is -2.33. The van der Waals surface area contributed by atoms with Gasteiger partial charge in [0.1, 0.15) is 0 Å². The third-order valence-corrected chi connectivity index (χ3v) is 2.05. The van der Waals surface area contributed by atoms with Crippen LogP contribution in [-0.2, 0) is 0 Å². The second-order valence-corrected chi connectivity index (χ2v) is 3.45. The lowest BCUT2D eigenvalue weighted by molar-refractivity contribution is 0.146. The van der Waals surface area contributed by atoms with Crippen molar-refractivity contribution in [3.63, 3.8) is 0 Å². The standard InChI is InChI=1S/C8H15F2N3/c1-6-4-13(2)5-7(6)12-11-3-8(9)10/h6,8,11H,3-5H2,1-2H3/b12-7+. The van der Waals surface area contributed by atoms with Crippen molar-refractivity contribution in [3.05, 3.63) is 0 Å². The molecule has 0 aromatic rings. The highest BCUT2D eigenvalue weighted by Gasteiger charge is 2.22. The van der Waals surface area contributed by atoms with Gasteiger partial charge in [-0.1, -0.05) is 6.92 Å². The second kappa shape index (κ2) is 4.50. The molecule has 0 bridgehead atoms. The van der Waals surface area contributed by atoms with Gasteiger partial charge in [-0.15, -0.1) is 0 Å². The maximum Gasteiger partial charge on any atom is 0.257 e. The number of rotatable bonds is 3. The van der Waals surface area contributed by atoms with Crippen LogP contribution in [0.5, 0.6) is 0 Å². The quantitative estimate of drug-likeness (QED) is 0.667. The Bertz CT molecular complexity index is 194. The fourth-order valence-electron chi connectivity index (χ4n) is 1.43. The first-order valence-corrected chi connectivity index (χ1v) is 4.35. The highest BCUT2D eigenvalue weighted by atomic mass is 19.3. The maximum atomic E-state index is 11.7. The lowest BCUT2D eigenvalue weighted by Crippen LogP contribution is -2.20. The fraction of sp³-hybridized carbons (Fsp3) is 0.875. The van der Waals surface area contributed by atoms with Crippen LogP contribution < -0.4 is 5.43 Å². The first kappa shape index (κ1) is 10.4. The summed E-state index contributed by atoms with van der Waals surface area (Å²) in [4.78, 5) is 2.12. The van der Waals surface area contributed by atoms with Crippen molar-refractivity contribution in [1.29, 1.82) is 0 Å². The molecule has 0 saturated carbocycles. The van der Waals surface area contributed by atoms with Gasteiger partial charge in [0.25, 0.3) is 6.43 Å². The van der Waals surface area contributed by atoms with Crippen molar-refractivity contribution < 1.29 is 8.78 Å². The highest BCUT2D eigenvalue weighted by molar-refractivity contribution is 5.90. The molecule has 1 fully saturated rings. The molecule has 0 aromatic heterocycles. The smallest absolute Gasteiger partial charge is 0.257 e. The van der Waals surface area contributed by atoms with E-state index in [1.165, 1.54) is 0 Å². The molecule has 1 aliphatic rings. The van der Waals surface area contributed by atoms with E-state index in [9.17, 15) is 8.78 Å². The van der Waals surface area contributed by atoms with Gasteiger partial charge < -0.3 is 10.3 Å². The Labute approximate surface area is 76.8 Å². The third-order valence-electron chi connectivity index (χ3n) is 2.05. The number of nitrogens with zero attached hydrogens (tertiary/aromatic N) is 2. The van der Waals surface area contributed by atoms with Crippen LogP contribution in [0.15, 0.2) is 5.10 Å². The number of nitrogens with one attached hydrogen (secondary N) is 1. The van der Waals surface area contributed by atoms with Crippen LogP contribution in [0.4, 0.5) is 8.78 Å². The Morgan fingerprint density at radius 1 is 1.69 bits per heavy atom. The van der Waals surface area contributed by atoms with Gasteiger partial charge in [0.2, 0.25) is 0 Å². The van der Waals surface area contributed by atoms with Crippen molar-refractivity contribution in [2.45, 2.75) is 13.3 Å². The summed E-state index contributed by atoms with van der Waals surface area (Å²) in [5, 5.41) is 3.94. The largest absolute Gasteiger partial charge is 0.304 e. The lowest BCUT2D eigenvalue weighted by atomic mass is 10.1. The van der Waals surface area contributed by atoms with Gasteiger partial charge in [0.15, 0.2) is 0 Å². The Hall–Kier alpha value is -0.710. The SMILES string of the molecule is CC1CN(C)C/C1=N\NCC(F)F. The zero-order chi connectivity index (χ0) is 9.84. The first-order chi connectivity index (χ1) is 6.09. The molecule has 1 rings (SSSR count). The van der Waals surface area contributed by atoms with E-state index in [1.54, 1.807) is 0 Å². The molecule has 1 aliphatic heterocycles. The lowest BCUT2D eigenvalue weighted by Gasteiger charge is -2.03. The van der Waals surface area contributed by atoms with Crippen LogP contribution in [0.2, 0.25) is 0 Å². The minimum Gasteiger partial charge on any atom is -0.304 e. The first-order valence-electron chi connectivity index (χ1n) is 4.35. The monoisotopic (exact) mass is 191 g/mol. The summed E-state index contributed by atoms with van der Waals surface area (Å²) in [5.74, 6) is 0.371. The van der Waals surface area contributed by atoms with Gasteiger partial charge in [-0.3, -0.25) is 0 Å². The molecule has 0 aromatic carbocycles. The molecule has 76 valence electrons. The van der Waals surface area contributed by atoms with Gasteiger partial charge in [-0.25, -0.2) is 8.78 Å². The number of halogens is 2. The summed E-state index contributed by atoms with van der Waals surface area (Å²) >= 11 is 0. The average molecular weight is 191 g/mol. The molecular formula is C8H15F2N3. The number of hydrogen-bond acceptors (Lipinski definition) is 3. The molecule has 5 heteroatoms. The summed E-state index contributed by atoms with van der Waals surface area (Å²) in [7, 11) is 1.99. The van der Waals surface area contributed by atoms with Gasteiger partial charge >= 0.3 is 0 Å². The van der Waals surface area contributed by atoms with E-state index >= 15 is 0 Å². The van der Waals surface area contributed by atoms with Crippen molar-refractivity contribution in [3.8, 4) is 0 Å². The fourth-order valence-corrected chi connectivity index (χ4v) is 1.43. The number of likely N-dealkylation sites (tertiary alicyclic amines) is 1. The average Bonchev–Trinajstić information content (AvgIpc) is 2.29. The van der Waals surface area contributed by atoms with Crippen molar-refractivity contribution in [2.24, 2.45) is 11.0 Å². The van der Waals surface area contributed by atoms with E-state index in [0.29, 0.717) is 5.92 Å². The van der Waals surface area contributed by atoms with E-state index in [-0.39, 0.29) is 6.54 Å². The Balaban J connectivity index is 2.34. The topological polar surface area (TPSA) is 27.6 Å². The van der Waals surface area contributed by atoms with Gasteiger partial charge in [-0.2, -0.15) is 5.10 Å². The number of alkyl halides is 2. The molecular weight excluding hydrogens is 176 g/mol. The second-order valence-electron chi connectivity index (χ2n) is 3.45. The molecule has 1 N–H and O–H groups in total. The molecule has 0 radical (unpaired) electrons. The van der Waals surface area contributed by atoms with Crippen LogP contribution in [0, 0.1) is 5.92 Å². The molecule has 1 heterocycles. The summed E-state index contributed by atoms with van der Waals surface area (Å²) in [6.07, 6.45) is -2.33. The number of hydrazone groups is 1. The predicted molar refractivity (Wildman–Crippen MR) is 48.1 cm³/mol. The van der Waals surface area contributed by atoms with E-state index < -0.39 is 6.43 Å². The zero-order valence-electron chi connectivity index (χ0n) is 7.93. The van der Waals surface area contributed by atoms with Crippen molar-refractivity contribution in [2.75, 3.05) is 26.7 Å². The molecule has 0 amide bonds. The van der Waals surface area contributed by atoms with Gasteiger partial charge in [0, 0.05) is 19.0 Å². The molecule has 13 heavy (non-hydrogen) atoms. The van der Waals surface area contributed by atoms with Crippen LogP contribution in [0.1, 0.15) is 6.92 Å². The summed E-state index contributed by atoms with van der Waals surface area (Å²) in [6.45, 7) is 3.42. The Morgan fingerprint density at radius 3 is 2.85 bits per heavy atom. The van der Waals surface area contributed by atoms with E-state index in [2.05, 4.69) is 15.4 Å². The maximum absolute atomic E-state index is 11.7. The summed E-state index contributed by atoms with van der Waals surface area (Å²) in [6, 6.07) is 0. The van der Waals surface area contributed by atoms with Crippen molar-refractivity contribution in [1.82, 2.24) is 10.3 Å². The third kappa shape index (κ3) is 3.26. The predicted octanol–water partition coefficient (Wildman–Crippen LogP) is 0.779. The van der Waals surface area contributed by atoms with E-state index in [1.807, 2.05) is 14.0 Å². The number of hydrogen-bond donors (Lipinski definition) is 1. The zero-order valence-corrected chi connectivity index (χ0v) is 7.93. The highest BCUT2D eigenvalue weighted by Crippen LogP contribution is 2.10. The van der Waals surface area contributed by atoms with Gasteiger partial charge in [-0.05, 0) is 7.05 Å². The Morgan fingerprint density at radius 2 is 2.38 bits per heavy atom. The molecule has 1 saturated heterocycles.